The monoisotopic (exact) mass is 474 g/mol. The van der Waals surface area contributed by atoms with Crippen molar-refractivity contribution in [2.75, 3.05) is 49.5 Å². The van der Waals surface area contributed by atoms with Gasteiger partial charge in [0, 0.05) is 44.0 Å². The fourth-order valence-electron chi connectivity index (χ4n) is 4.45. The second-order valence-corrected chi connectivity index (χ2v) is 8.84. The summed E-state index contributed by atoms with van der Waals surface area (Å²) in [5, 5.41) is 2.92. The number of carbonyl (C=O) groups is 2. The number of carbonyl (C=O) groups excluding carboxylic acids is 2. The van der Waals surface area contributed by atoms with Crippen LogP contribution < -0.4 is 10.2 Å². The van der Waals surface area contributed by atoms with E-state index < -0.39 is 11.7 Å². The van der Waals surface area contributed by atoms with E-state index in [9.17, 15) is 22.8 Å². The Kier molecular flexibility index (Phi) is 7.53. The quantitative estimate of drug-likeness (QED) is 0.688. The fraction of sp³-hybridized carbons (Fsp3) is 0.440. The molecule has 0 spiro atoms. The van der Waals surface area contributed by atoms with Crippen molar-refractivity contribution in [1.29, 1.82) is 0 Å². The predicted octanol–water partition coefficient (Wildman–Crippen LogP) is 3.98. The smallest absolute Gasteiger partial charge is 0.325 e. The second-order valence-electron chi connectivity index (χ2n) is 8.84. The number of halogens is 3. The number of nitrogens with one attached hydrogen (secondary N) is 1. The Morgan fingerprint density at radius 2 is 1.53 bits per heavy atom. The van der Waals surface area contributed by atoms with Crippen molar-refractivity contribution in [3.63, 3.8) is 0 Å². The van der Waals surface area contributed by atoms with Crippen molar-refractivity contribution in [3.05, 3.63) is 59.7 Å². The number of alkyl halides is 3. The highest BCUT2D eigenvalue weighted by molar-refractivity contribution is 5.96. The second kappa shape index (κ2) is 10.6. The summed E-state index contributed by atoms with van der Waals surface area (Å²) in [5.74, 6) is 0.0338. The SMILES string of the molecule is O=C(CN1CCCN(Cc2ccc(C(F)(F)F)cc2)CC1)Nc1ccc(N2CCCC2=O)cc1. The van der Waals surface area contributed by atoms with E-state index in [0.717, 1.165) is 62.4 Å². The van der Waals surface area contributed by atoms with Crippen LogP contribution >= 0.6 is 0 Å². The van der Waals surface area contributed by atoms with Gasteiger partial charge in [-0.3, -0.25) is 19.4 Å². The summed E-state index contributed by atoms with van der Waals surface area (Å²) in [4.78, 5) is 30.5. The largest absolute Gasteiger partial charge is 0.416 e. The topological polar surface area (TPSA) is 55.9 Å². The molecule has 2 aromatic carbocycles. The molecular weight excluding hydrogens is 445 g/mol. The van der Waals surface area contributed by atoms with Crippen LogP contribution in [0.4, 0.5) is 24.5 Å². The lowest BCUT2D eigenvalue weighted by molar-refractivity contribution is -0.137. The maximum atomic E-state index is 12.7. The lowest BCUT2D eigenvalue weighted by Gasteiger charge is -2.22. The molecule has 2 aliphatic heterocycles. The Bertz CT molecular complexity index is 993. The highest BCUT2D eigenvalue weighted by Crippen LogP contribution is 2.29. The van der Waals surface area contributed by atoms with E-state index in [4.69, 9.17) is 0 Å². The Morgan fingerprint density at radius 3 is 2.18 bits per heavy atom. The summed E-state index contributed by atoms with van der Waals surface area (Å²) in [5.41, 5.74) is 1.75. The first-order chi connectivity index (χ1) is 16.3. The van der Waals surface area contributed by atoms with Gasteiger partial charge in [-0.1, -0.05) is 12.1 Å². The maximum absolute atomic E-state index is 12.7. The molecule has 1 N–H and O–H groups in total. The normalized spacial score (nSPS) is 18.2. The number of hydrogen-bond acceptors (Lipinski definition) is 4. The minimum Gasteiger partial charge on any atom is -0.325 e. The van der Waals surface area contributed by atoms with Crippen LogP contribution in [0.5, 0.6) is 0 Å². The molecule has 0 radical (unpaired) electrons. The summed E-state index contributed by atoms with van der Waals surface area (Å²) in [6.07, 6.45) is -1.99. The zero-order valence-corrected chi connectivity index (χ0v) is 19.0. The molecule has 182 valence electrons. The molecule has 0 aromatic heterocycles. The minimum absolute atomic E-state index is 0.0961. The van der Waals surface area contributed by atoms with Crippen LogP contribution in [0, 0.1) is 0 Å². The average molecular weight is 475 g/mol. The first-order valence-corrected chi connectivity index (χ1v) is 11.6. The molecule has 2 amide bonds. The van der Waals surface area contributed by atoms with Crippen molar-refractivity contribution in [1.82, 2.24) is 9.80 Å². The number of rotatable bonds is 6. The van der Waals surface area contributed by atoms with Gasteiger partial charge in [0.15, 0.2) is 0 Å². The Morgan fingerprint density at radius 1 is 0.853 bits per heavy atom. The van der Waals surface area contributed by atoms with Crippen LogP contribution in [0.25, 0.3) is 0 Å². The van der Waals surface area contributed by atoms with Crippen LogP contribution in [0.15, 0.2) is 48.5 Å². The number of hydrogen-bond donors (Lipinski definition) is 1. The minimum atomic E-state index is -4.32. The first kappa shape index (κ1) is 24.2. The third-order valence-corrected chi connectivity index (χ3v) is 6.27. The molecular formula is C25H29F3N4O2. The van der Waals surface area contributed by atoms with Gasteiger partial charge in [0.2, 0.25) is 11.8 Å². The first-order valence-electron chi connectivity index (χ1n) is 11.6. The van der Waals surface area contributed by atoms with Crippen LogP contribution in [0.3, 0.4) is 0 Å². The van der Waals surface area contributed by atoms with Gasteiger partial charge < -0.3 is 10.2 Å². The van der Waals surface area contributed by atoms with Gasteiger partial charge in [0.25, 0.3) is 0 Å². The number of benzene rings is 2. The molecule has 4 rings (SSSR count). The summed E-state index contributed by atoms with van der Waals surface area (Å²) in [6, 6.07) is 12.6. The predicted molar refractivity (Wildman–Crippen MR) is 124 cm³/mol. The van der Waals surface area contributed by atoms with Gasteiger partial charge in [-0.2, -0.15) is 13.2 Å². The Labute approximate surface area is 197 Å². The van der Waals surface area contributed by atoms with Crippen LogP contribution in [0.2, 0.25) is 0 Å². The van der Waals surface area contributed by atoms with Crippen LogP contribution in [-0.4, -0.2) is 60.9 Å². The highest BCUT2D eigenvalue weighted by Gasteiger charge is 2.30. The fourth-order valence-corrected chi connectivity index (χ4v) is 4.45. The van der Waals surface area contributed by atoms with E-state index in [1.807, 2.05) is 24.3 Å². The molecule has 2 heterocycles. The van der Waals surface area contributed by atoms with Gasteiger partial charge in [0.05, 0.1) is 12.1 Å². The van der Waals surface area contributed by atoms with Crippen molar-refractivity contribution >= 4 is 23.2 Å². The van der Waals surface area contributed by atoms with Gasteiger partial charge in [0.1, 0.15) is 0 Å². The maximum Gasteiger partial charge on any atom is 0.416 e. The van der Waals surface area contributed by atoms with E-state index >= 15 is 0 Å². The number of anilines is 2. The van der Waals surface area contributed by atoms with Gasteiger partial charge in [-0.25, -0.2) is 0 Å². The van der Waals surface area contributed by atoms with Crippen LogP contribution in [-0.2, 0) is 22.3 Å². The van der Waals surface area contributed by atoms with Crippen LogP contribution in [0.1, 0.15) is 30.4 Å². The zero-order chi connectivity index (χ0) is 24.1. The Hall–Kier alpha value is -2.91. The average Bonchev–Trinajstić information content (AvgIpc) is 3.11. The molecule has 9 heteroatoms. The van der Waals surface area contributed by atoms with Crippen molar-refractivity contribution in [2.45, 2.75) is 32.0 Å². The third-order valence-electron chi connectivity index (χ3n) is 6.27. The van der Waals surface area contributed by atoms with Crippen molar-refractivity contribution in [3.8, 4) is 0 Å². The molecule has 34 heavy (non-hydrogen) atoms. The molecule has 2 fully saturated rings. The summed E-state index contributed by atoms with van der Waals surface area (Å²) in [6.45, 7) is 4.67. The molecule has 2 aromatic rings. The van der Waals surface area contributed by atoms with Crippen molar-refractivity contribution < 1.29 is 22.8 Å². The molecule has 0 aliphatic carbocycles. The standard InChI is InChI=1S/C25H29F3N4O2/c26-25(27,28)20-6-4-19(5-7-20)17-30-12-2-13-31(16-15-30)18-23(33)29-21-8-10-22(11-9-21)32-14-1-3-24(32)34/h4-11H,1-3,12-18H2,(H,29,33). The molecule has 6 nitrogen and oxygen atoms in total. The van der Waals surface area contributed by atoms with Gasteiger partial charge >= 0.3 is 6.18 Å². The van der Waals surface area contributed by atoms with E-state index in [1.54, 1.807) is 4.90 Å². The molecule has 2 aliphatic rings. The summed E-state index contributed by atoms with van der Waals surface area (Å²) in [7, 11) is 0. The lowest BCUT2D eigenvalue weighted by Crippen LogP contribution is -2.36. The van der Waals surface area contributed by atoms with Gasteiger partial charge in [-0.05, 0) is 67.9 Å². The van der Waals surface area contributed by atoms with E-state index in [2.05, 4.69) is 15.1 Å². The van der Waals surface area contributed by atoms with Crippen molar-refractivity contribution in [2.24, 2.45) is 0 Å². The third kappa shape index (κ3) is 6.36. The molecule has 0 saturated carbocycles. The zero-order valence-electron chi connectivity index (χ0n) is 19.0. The Balaban J connectivity index is 1.23. The molecule has 0 unspecified atom stereocenters. The summed E-state index contributed by atoms with van der Waals surface area (Å²) < 4.78 is 38.2. The van der Waals surface area contributed by atoms with E-state index in [1.165, 1.54) is 12.1 Å². The summed E-state index contributed by atoms with van der Waals surface area (Å²) >= 11 is 0. The number of nitrogens with zero attached hydrogens (tertiary/aromatic N) is 3. The van der Waals surface area contributed by atoms with Gasteiger partial charge in [-0.15, -0.1) is 0 Å². The van der Waals surface area contributed by atoms with E-state index in [0.29, 0.717) is 25.2 Å². The lowest BCUT2D eigenvalue weighted by atomic mass is 10.1. The molecule has 0 bridgehead atoms. The van der Waals surface area contributed by atoms with E-state index in [-0.39, 0.29) is 18.4 Å². The molecule has 0 atom stereocenters. The number of amides is 2. The molecule has 2 saturated heterocycles. The highest BCUT2D eigenvalue weighted by atomic mass is 19.4.